The average Bonchev–Trinajstić information content (AvgIpc) is 3.13. The Balaban J connectivity index is 2.00. The number of hydrogen-bond donors (Lipinski definition) is 1. The molecule has 0 aromatic heterocycles. The summed E-state index contributed by atoms with van der Waals surface area (Å²) in [6.07, 6.45) is 11.1. The van der Waals surface area contributed by atoms with Gasteiger partial charge in [-0.3, -0.25) is 4.90 Å². The molecule has 3 nitrogen and oxygen atoms in total. The Morgan fingerprint density at radius 2 is 1.90 bits per heavy atom. The van der Waals surface area contributed by atoms with Crippen molar-refractivity contribution in [1.29, 1.82) is 0 Å². The molecule has 2 atom stereocenters. The third-order valence-electron chi connectivity index (χ3n) is 5.66. The molecule has 2 aliphatic rings. The smallest absolute Gasteiger partial charge is 0.0576 e. The van der Waals surface area contributed by atoms with Crippen molar-refractivity contribution < 1.29 is 4.74 Å². The van der Waals surface area contributed by atoms with E-state index >= 15 is 0 Å². The first-order valence-corrected chi connectivity index (χ1v) is 8.80. The van der Waals surface area contributed by atoms with Gasteiger partial charge in [0.2, 0.25) is 0 Å². The molecule has 118 valence electrons. The standard InChI is InChI=1S/C17H34N2O/c1-4-19(5-2)17(12-6-7-13-17)16(18-3)11-10-15-9-8-14-20-15/h15-16,18H,4-14H2,1-3H3. The van der Waals surface area contributed by atoms with Crippen molar-refractivity contribution >= 4 is 0 Å². The Morgan fingerprint density at radius 1 is 1.20 bits per heavy atom. The van der Waals surface area contributed by atoms with Gasteiger partial charge in [-0.05, 0) is 58.7 Å². The molecule has 0 bridgehead atoms. The van der Waals surface area contributed by atoms with Crippen LogP contribution < -0.4 is 5.32 Å². The lowest BCUT2D eigenvalue weighted by molar-refractivity contribution is 0.0489. The van der Waals surface area contributed by atoms with Crippen LogP contribution in [0.2, 0.25) is 0 Å². The van der Waals surface area contributed by atoms with Crippen LogP contribution in [0.3, 0.4) is 0 Å². The van der Waals surface area contributed by atoms with Crippen LogP contribution in [0.1, 0.15) is 65.2 Å². The fourth-order valence-corrected chi connectivity index (χ4v) is 4.63. The van der Waals surface area contributed by atoms with Gasteiger partial charge in [-0.2, -0.15) is 0 Å². The lowest BCUT2D eigenvalue weighted by atomic mass is 9.82. The van der Waals surface area contributed by atoms with E-state index in [2.05, 4.69) is 31.1 Å². The van der Waals surface area contributed by atoms with Gasteiger partial charge < -0.3 is 10.1 Å². The molecule has 2 rings (SSSR count). The lowest BCUT2D eigenvalue weighted by Gasteiger charge is -2.46. The second-order valence-corrected chi connectivity index (χ2v) is 6.54. The summed E-state index contributed by atoms with van der Waals surface area (Å²) in [5.74, 6) is 0. The summed E-state index contributed by atoms with van der Waals surface area (Å²) in [4.78, 5) is 2.72. The van der Waals surface area contributed by atoms with E-state index in [-0.39, 0.29) is 0 Å². The van der Waals surface area contributed by atoms with Crippen LogP contribution in [0, 0.1) is 0 Å². The molecular formula is C17H34N2O. The van der Waals surface area contributed by atoms with E-state index in [1.54, 1.807) is 0 Å². The third kappa shape index (κ3) is 3.37. The first kappa shape index (κ1) is 16.3. The van der Waals surface area contributed by atoms with E-state index in [4.69, 9.17) is 4.74 Å². The van der Waals surface area contributed by atoms with Crippen LogP contribution in [0.5, 0.6) is 0 Å². The normalized spacial score (nSPS) is 27.3. The number of nitrogens with one attached hydrogen (secondary N) is 1. The maximum Gasteiger partial charge on any atom is 0.0576 e. The summed E-state index contributed by atoms with van der Waals surface area (Å²) in [6, 6.07) is 0.620. The minimum Gasteiger partial charge on any atom is -0.378 e. The molecule has 1 saturated carbocycles. The fraction of sp³-hybridized carbons (Fsp3) is 1.00. The van der Waals surface area contributed by atoms with Crippen LogP contribution in [0.15, 0.2) is 0 Å². The molecule has 0 aromatic carbocycles. The van der Waals surface area contributed by atoms with Crippen LogP contribution in [0.4, 0.5) is 0 Å². The summed E-state index contributed by atoms with van der Waals surface area (Å²) in [7, 11) is 2.16. The summed E-state index contributed by atoms with van der Waals surface area (Å²) in [5.41, 5.74) is 0.400. The van der Waals surface area contributed by atoms with Gasteiger partial charge in [-0.25, -0.2) is 0 Å². The maximum atomic E-state index is 5.82. The molecule has 0 spiro atoms. The van der Waals surface area contributed by atoms with Gasteiger partial charge in [0.05, 0.1) is 6.10 Å². The molecule has 1 aliphatic heterocycles. The second kappa shape index (κ2) is 7.77. The van der Waals surface area contributed by atoms with Crippen LogP contribution in [-0.2, 0) is 4.74 Å². The highest BCUT2D eigenvalue weighted by molar-refractivity contribution is 5.03. The highest BCUT2D eigenvalue weighted by Gasteiger charge is 2.44. The highest BCUT2D eigenvalue weighted by Crippen LogP contribution is 2.39. The zero-order chi connectivity index (χ0) is 14.4. The summed E-state index contributed by atoms with van der Waals surface area (Å²) < 4.78 is 5.82. The van der Waals surface area contributed by atoms with Gasteiger partial charge >= 0.3 is 0 Å². The predicted molar refractivity (Wildman–Crippen MR) is 85.2 cm³/mol. The Hall–Kier alpha value is -0.120. The first-order valence-electron chi connectivity index (χ1n) is 8.80. The molecule has 0 radical (unpaired) electrons. The molecular weight excluding hydrogens is 248 g/mol. The minimum absolute atomic E-state index is 0.400. The molecule has 2 unspecified atom stereocenters. The molecule has 1 heterocycles. The maximum absolute atomic E-state index is 5.82. The van der Waals surface area contributed by atoms with E-state index in [1.807, 2.05) is 0 Å². The molecule has 1 aliphatic carbocycles. The zero-order valence-electron chi connectivity index (χ0n) is 13.8. The molecule has 1 N–H and O–H groups in total. The topological polar surface area (TPSA) is 24.5 Å². The number of rotatable bonds is 8. The van der Waals surface area contributed by atoms with Gasteiger partial charge in [0, 0.05) is 18.2 Å². The summed E-state index contributed by atoms with van der Waals surface area (Å²) in [5, 5.41) is 3.66. The van der Waals surface area contributed by atoms with Crippen molar-refractivity contribution in [2.24, 2.45) is 0 Å². The minimum atomic E-state index is 0.400. The Labute approximate surface area is 125 Å². The largest absolute Gasteiger partial charge is 0.378 e. The van der Waals surface area contributed by atoms with E-state index in [0.29, 0.717) is 17.7 Å². The molecule has 20 heavy (non-hydrogen) atoms. The Kier molecular flexibility index (Phi) is 6.31. The number of likely N-dealkylation sites (N-methyl/N-ethyl adjacent to an activating group) is 2. The van der Waals surface area contributed by atoms with Gasteiger partial charge in [-0.1, -0.05) is 26.7 Å². The zero-order valence-corrected chi connectivity index (χ0v) is 13.8. The number of nitrogens with zero attached hydrogens (tertiary/aromatic N) is 1. The van der Waals surface area contributed by atoms with Crippen molar-refractivity contribution in [2.45, 2.75) is 82.9 Å². The van der Waals surface area contributed by atoms with Crippen molar-refractivity contribution in [3.8, 4) is 0 Å². The number of hydrogen-bond acceptors (Lipinski definition) is 3. The molecule has 0 amide bonds. The molecule has 2 fully saturated rings. The third-order valence-corrected chi connectivity index (χ3v) is 5.66. The quantitative estimate of drug-likeness (QED) is 0.740. The Morgan fingerprint density at radius 3 is 2.40 bits per heavy atom. The van der Waals surface area contributed by atoms with E-state index in [0.717, 1.165) is 6.61 Å². The second-order valence-electron chi connectivity index (χ2n) is 6.54. The highest BCUT2D eigenvalue weighted by atomic mass is 16.5. The van der Waals surface area contributed by atoms with Gasteiger partial charge in [0.25, 0.3) is 0 Å². The van der Waals surface area contributed by atoms with Crippen molar-refractivity contribution in [3.05, 3.63) is 0 Å². The summed E-state index contributed by atoms with van der Waals surface area (Å²) in [6.45, 7) is 7.96. The van der Waals surface area contributed by atoms with Gasteiger partial charge in [-0.15, -0.1) is 0 Å². The fourth-order valence-electron chi connectivity index (χ4n) is 4.63. The Bertz CT molecular complexity index is 266. The number of ether oxygens (including phenoxy) is 1. The van der Waals surface area contributed by atoms with Crippen LogP contribution in [-0.4, -0.2) is 49.3 Å². The van der Waals surface area contributed by atoms with Gasteiger partial charge in [0.15, 0.2) is 0 Å². The summed E-state index contributed by atoms with van der Waals surface area (Å²) >= 11 is 0. The monoisotopic (exact) mass is 282 g/mol. The van der Waals surface area contributed by atoms with Crippen molar-refractivity contribution in [3.63, 3.8) is 0 Å². The van der Waals surface area contributed by atoms with E-state index in [1.165, 1.54) is 64.5 Å². The van der Waals surface area contributed by atoms with Gasteiger partial charge in [0.1, 0.15) is 0 Å². The molecule has 0 aromatic rings. The lowest BCUT2D eigenvalue weighted by Crippen LogP contribution is -2.59. The van der Waals surface area contributed by atoms with E-state index < -0.39 is 0 Å². The molecule has 3 heteroatoms. The first-order chi connectivity index (χ1) is 9.76. The van der Waals surface area contributed by atoms with E-state index in [9.17, 15) is 0 Å². The van der Waals surface area contributed by atoms with Crippen molar-refractivity contribution in [1.82, 2.24) is 10.2 Å². The van der Waals surface area contributed by atoms with Crippen LogP contribution in [0.25, 0.3) is 0 Å². The van der Waals surface area contributed by atoms with Crippen molar-refractivity contribution in [2.75, 3.05) is 26.7 Å². The average molecular weight is 282 g/mol. The molecule has 1 saturated heterocycles. The predicted octanol–water partition coefficient (Wildman–Crippen LogP) is 3.19. The SMILES string of the molecule is CCN(CC)C1(C(CCC2CCCO2)NC)CCCC1. The van der Waals surface area contributed by atoms with Crippen LogP contribution >= 0.6 is 0 Å².